The summed E-state index contributed by atoms with van der Waals surface area (Å²) in [6.07, 6.45) is 4.11. The first-order valence-electron chi connectivity index (χ1n) is 37.3. The third-order valence-electron chi connectivity index (χ3n) is 20.0. The number of aryl methyl sites for hydroxylation is 20. The maximum atomic E-state index is 12.3. The van der Waals surface area contributed by atoms with E-state index < -0.39 is 39.1 Å². The van der Waals surface area contributed by atoms with Crippen LogP contribution in [0.3, 0.4) is 0 Å². The maximum Gasteiger partial charge on any atom is 1.00 e. The van der Waals surface area contributed by atoms with Gasteiger partial charge in [-0.25, -0.2) is 22.8 Å². The van der Waals surface area contributed by atoms with Gasteiger partial charge in [-0.1, -0.05) is 187 Å². The van der Waals surface area contributed by atoms with Crippen LogP contribution in [0.25, 0.3) is 0 Å². The van der Waals surface area contributed by atoms with Gasteiger partial charge in [0.25, 0.3) is 0 Å². The molecule has 5 aliphatic heterocycles. The van der Waals surface area contributed by atoms with E-state index in [-0.39, 0.29) is 143 Å². The molecule has 15 rings (SSSR count). The van der Waals surface area contributed by atoms with Gasteiger partial charge in [-0.2, -0.15) is 0 Å². The standard InChI is InChI=1S/C19H23O4P.C18H21O4P.3C17H19O4P.Li.4Na/c1-5-14-7-12(3)18-16(9-14)11-17-10-15(6-2)8-13(4)19(17)23-24(20,21)22-18;1-10-6-12(3)17-15(8-10)14(5)16-9-11(2)7-13(4)18(16)22-23(19,20)21-17;3*1-10-5-12(3)16-14(7-10)9-15-8-11(2)6-13(4)17(15)21-22(18,19)20-16;;;;;/h7-10H,5-6,11H2,1-4H3,(H,20,21);6-9,14H,1-5H3,(H,19,20);3*5-8H,9H2,1-4H3,(H,18,19);;;;;/q;;;;;5*+1/p-5. The molecule has 0 unspecified atom stereocenters. The number of phosphoric acid groups is 5. The zero-order chi connectivity index (χ0) is 82.6. The Morgan fingerprint density at radius 2 is 0.390 bits per heavy atom. The van der Waals surface area contributed by atoms with Crippen LogP contribution in [-0.2, 0) is 61.4 Å². The van der Waals surface area contributed by atoms with E-state index in [1.54, 1.807) is 0 Å². The topological polar surface area (TPSA) is 293 Å². The fraction of sp³-hybridized carbons (Fsp3) is 0.318. The normalized spacial score (nSPS) is 16.4. The first kappa shape index (κ1) is 103. The van der Waals surface area contributed by atoms with E-state index in [1.807, 2.05) is 253 Å². The van der Waals surface area contributed by atoms with Gasteiger partial charge in [0.2, 0.25) is 0 Å². The van der Waals surface area contributed by atoms with Gasteiger partial charge in [0, 0.05) is 42.7 Å². The Morgan fingerprint density at radius 3 is 0.568 bits per heavy atom. The Labute approximate surface area is 795 Å². The first-order chi connectivity index (χ1) is 52.7. The van der Waals surface area contributed by atoms with Crippen molar-refractivity contribution in [1.82, 2.24) is 0 Å². The summed E-state index contributed by atoms with van der Waals surface area (Å²) in [5.41, 5.74) is 27.6. The van der Waals surface area contributed by atoms with Crippen molar-refractivity contribution in [2.45, 2.75) is 190 Å². The number of hydrogen-bond acceptors (Lipinski definition) is 20. The van der Waals surface area contributed by atoms with Crippen LogP contribution in [0.1, 0.15) is 194 Å². The second-order valence-electron chi connectivity index (χ2n) is 30.5. The van der Waals surface area contributed by atoms with Crippen molar-refractivity contribution in [2.75, 3.05) is 0 Å². The van der Waals surface area contributed by atoms with Crippen molar-refractivity contribution in [3.63, 3.8) is 0 Å². The van der Waals surface area contributed by atoms with Crippen LogP contribution in [0.2, 0.25) is 0 Å². The molecule has 0 radical (unpaired) electrons. The molecule has 30 heteroatoms. The van der Waals surface area contributed by atoms with Gasteiger partial charge in [0.1, 0.15) is 57.5 Å². The monoisotopic (exact) mass is 1730 g/mol. The smallest absolute Gasteiger partial charge is 0.736 e. The van der Waals surface area contributed by atoms with Crippen LogP contribution in [0.15, 0.2) is 121 Å². The summed E-state index contributed by atoms with van der Waals surface area (Å²) < 4.78 is 114. The van der Waals surface area contributed by atoms with Crippen LogP contribution in [0.4, 0.5) is 0 Å². The molecule has 0 spiro atoms. The van der Waals surface area contributed by atoms with E-state index in [4.69, 9.17) is 45.2 Å². The van der Waals surface area contributed by atoms with E-state index in [1.165, 1.54) is 11.1 Å². The average Bonchev–Trinajstić information content (AvgIpc) is 0.746. The molecule has 598 valence electrons. The Kier molecular flexibility index (Phi) is 35.8. The van der Waals surface area contributed by atoms with Crippen molar-refractivity contribution in [3.05, 3.63) is 288 Å². The molecule has 10 aromatic rings. The molecular weight excluding hydrogens is 1630 g/mol. The van der Waals surface area contributed by atoms with Crippen molar-refractivity contribution in [2.24, 2.45) is 0 Å². The molecule has 5 aliphatic rings. The number of phosphoric ester groups is 5. The molecule has 0 saturated heterocycles. The minimum atomic E-state index is -4.48. The third kappa shape index (κ3) is 25.1. The number of hydrogen-bond donors (Lipinski definition) is 0. The van der Waals surface area contributed by atoms with Gasteiger partial charge in [0.05, 0.1) is 0 Å². The van der Waals surface area contributed by atoms with Crippen molar-refractivity contribution in [1.29, 1.82) is 0 Å². The molecular formula is C88H96LiNa4O20P5. The van der Waals surface area contributed by atoms with E-state index in [9.17, 15) is 47.3 Å². The van der Waals surface area contributed by atoms with Crippen LogP contribution in [-0.4, -0.2) is 0 Å². The second-order valence-corrected chi connectivity index (χ2v) is 36.8. The van der Waals surface area contributed by atoms with Gasteiger partial charge in [0.15, 0.2) is 0 Å². The van der Waals surface area contributed by atoms with Crippen molar-refractivity contribution < 1.29 is 230 Å². The Bertz CT molecular complexity index is 5110. The molecule has 118 heavy (non-hydrogen) atoms. The van der Waals surface area contributed by atoms with Gasteiger partial charge in [-0.05, 0) is 249 Å². The van der Waals surface area contributed by atoms with E-state index >= 15 is 0 Å². The van der Waals surface area contributed by atoms with E-state index in [0.717, 1.165) is 169 Å². The predicted octanol–water partition coefficient (Wildman–Crippen LogP) is 4.84. The summed E-state index contributed by atoms with van der Waals surface area (Å²) in [4.78, 5) is 61.3. The average molecular weight is 1730 g/mol. The molecule has 0 aliphatic carbocycles. The molecule has 0 bridgehead atoms. The molecule has 10 aromatic carbocycles. The first-order valence-corrected chi connectivity index (χ1v) is 44.6. The van der Waals surface area contributed by atoms with Crippen LogP contribution >= 0.6 is 39.1 Å². The minimum absolute atomic E-state index is 0. The Morgan fingerprint density at radius 1 is 0.246 bits per heavy atom. The summed E-state index contributed by atoms with van der Waals surface area (Å²) in [7, 11) is -22.3. The van der Waals surface area contributed by atoms with E-state index in [2.05, 4.69) is 13.8 Å². The summed E-state index contributed by atoms with van der Waals surface area (Å²) in [5.74, 6) is 3.83. The largest absolute Gasteiger partial charge is 1.00 e. The SMILES string of the molecule is CCc1cc(C)c2c(c1)Cc1cc(CC)cc(C)c1OP(=O)([O-])O2.Cc1cc(C)c2c(c1)C(C)c1cc(C)cc(C)c1OP(=O)([O-])O2.Cc1cc(C)c2c(c1)Cc1cc(C)cc(C)c1OP(=O)([O-])O2.Cc1cc(C)c2c(c1)Cc1cc(C)cc(C)c1OP(=O)([O-])O2.Cc1cc(C)c2c(c1)Cc1cc(C)cc(C)c1OP(=O)([O-])O2.[Li+].[Na+].[Na+].[Na+].[Na+]. The fourth-order valence-electron chi connectivity index (χ4n) is 15.7. The van der Waals surface area contributed by atoms with Gasteiger partial charge < -0.3 is 69.7 Å². The molecule has 20 nitrogen and oxygen atoms in total. The van der Waals surface area contributed by atoms with Crippen molar-refractivity contribution in [3.8, 4) is 57.5 Å². The third-order valence-corrected chi connectivity index (χ3v) is 24.1. The predicted molar refractivity (Wildman–Crippen MR) is 431 cm³/mol. The number of benzene rings is 10. The molecule has 0 N–H and O–H groups in total. The molecule has 0 saturated carbocycles. The van der Waals surface area contributed by atoms with Gasteiger partial charge >= 0.3 is 176 Å². The van der Waals surface area contributed by atoms with Gasteiger partial charge in [-0.15, -0.1) is 0 Å². The Balaban J connectivity index is 0.000000227. The van der Waals surface area contributed by atoms with Crippen LogP contribution in [0.5, 0.6) is 57.5 Å². The maximum absolute atomic E-state index is 12.3. The number of rotatable bonds is 2. The fourth-order valence-corrected chi connectivity index (χ4v) is 20.7. The summed E-state index contributed by atoms with van der Waals surface area (Å²) in [5, 5.41) is 0. The quantitative estimate of drug-likeness (QED) is 0.165. The van der Waals surface area contributed by atoms with Gasteiger partial charge in [-0.3, -0.25) is 0 Å². The molecule has 5 heterocycles. The molecule has 0 amide bonds. The minimum Gasteiger partial charge on any atom is -0.736 e. The van der Waals surface area contributed by atoms with E-state index in [0.29, 0.717) is 83.2 Å². The van der Waals surface area contributed by atoms with Crippen LogP contribution < -0.4 is 207 Å². The van der Waals surface area contributed by atoms with Crippen molar-refractivity contribution >= 4 is 39.1 Å². The zero-order valence-electron chi connectivity index (χ0n) is 72.8. The second kappa shape index (κ2) is 41.3. The summed E-state index contributed by atoms with van der Waals surface area (Å²) >= 11 is 0. The van der Waals surface area contributed by atoms with Crippen LogP contribution in [0, 0.1) is 125 Å². The summed E-state index contributed by atoms with van der Waals surface area (Å²) in [6, 6.07) is 39.0. The zero-order valence-corrected chi connectivity index (χ0v) is 85.2. The summed E-state index contributed by atoms with van der Waals surface area (Å²) in [6.45, 7) is 40.6. The number of fused-ring (bicyclic) bond motifs is 10. The molecule has 0 aromatic heterocycles. The molecule has 0 fully saturated rings. The Hall–Kier alpha value is -4.25. The molecule has 0 atom stereocenters.